The number of rotatable bonds is 2. The summed E-state index contributed by atoms with van der Waals surface area (Å²) >= 11 is 0. The lowest BCUT2D eigenvalue weighted by Gasteiger charge is -2.69. The van der Waals surface area contributed by atoms with E-state index in [0.29, 0.717) is 12.2 Å². The number of esters is 1. The molecule has 0 unspecified atom stereocenters. The number of methoxy groups -OCH3 is 2. The van der Waals surface area contributed by atoms with Gasteiger partial charge in [-0.2, -0.15) is 0 Å². The van der Waals surface area contributed by atoms with E-state index in [1.165, 1.54) is 14.2 Å². The van der Waals surface area contributed by atoms with Crippen molar-refractivity contribution in [3.05, 3.63) is 11.8 Å². The minimum atomic E-state index is -1.44. The van der Waals surface area contributed by atoms with Crippen LogP contribution < -0.4 is 0 Å². The third kappa shape index (κ3) is 2.35. The Labute approximate surface area is 171 Å². The summed E-state index contributed by atoms with van der Waals surface area (Å²) in [6.45, 7) is 7.50. The molecule has 10 atom stereocenters. The molecule has 162 valence electrons. The first-order valence-corrected chi connectivity index (χ1v) is 10.4. The number of carbonyl (C=O) groups is 2. The van der Waals surface area contributed by atoms with E-state index in [1.807, 2.05) is 26.8 Å². The van der Waals surface area contributed by atoms with Crippen molar-refractivity contribution in [1.82, 2.24) is 0 Å². The van der Waals surface area contributed by atoms with E-state index >= 15 is 0 Å². The van der Waals surface area contributed by atoms with E-state index in [9.17, 15) is 19.8 Å². The lowest BCUT2D eigenvalue weighted by Crippen LogP contribution is -2.77. The number of carbonyl (C=O) groups excluding carboxylic acids is 2. The summed E-state index contributed by atoms with van der Waals surface area (Å²) in [6, 6.07) is 0. The van der Waals surface area contributed by atoms with E-state index in [1.54, 1.807) is 6.92 Å². The van der Waals surface area contributed by atoms with Crippen LogP contribution in [0.2, 0.25) is 0 Å². The fourth-order valence-electron chi connectivity index (χ4n) is 7.60. The molecule has 7 nitrogen and oxygen atoms in total. The van der Waals surface area contributed by atoms with Crippen molar-refractivity contribution in [2.45, 2.75) is 64.4 Å². The maximum atomic E-state index is 13.6. The molecule has 3 aliphatic carbocycles. The van der Waals surface area contributed by atoms with E-state index in [0.717, 1.165) is 0 Å². The molecule has 0 aromatic heterocycles. The van der Waals surface area contributed by atoms with Crippen LogP contribution in [0, 0.1) is 34.5 Å². The van der Waals surface area contributed by atoms with Crippen molar-refractivity contribution in [2.24, 2.45) is 34.5 Å². The normalized spacial score (nSPS) is 54.1. The lowest BCUT2D eigenvalue weighted by molar-refractivity contribution is -0.315. The standard InChI is InChI=1S/C22H32O7/c1-10-7-12(27-5)18(25)20(2)11(10)8-14-21(3)13(9-15(23)29-14)22(4,26)19(28-6)16(24)17(20)21/h7,10-11,13-14,16-17,19,24,26H,8-9H2,1-6H3/t10-,11+,13-,14-,16+,17-,19-,20+,21-,22+/m1/s1. The maximum absolute atomic E-state index is 13.6. The molecule has 1 saturated heterocycles. The molecule has 0 bridgehead atoms. The number of ketones is 1. The Morgan fingerprint density at radius 1 is 1.21 bits per heavy atom. The highest BCUT2D eigenvalue weighted by molar-refractivity contribution is 5.99. The Kier molecular flexibility index (Phi) is 4.51. The van der Waals surface area contributed by atoms with Gasteiger partial charge in [-0.05, 0) is 31.3 Å². The van der Waals surface area contributed by atoms with Gasteiger partial charge in [0.15, 0.2) is 5.76 Å². The number of ether oxygens (including phenoxy) is 3. The molecule has 3 fully saturated rings. The highest BCUT2D eigenvalue weighted by atomic mass is 16.5. The molecular weight excluding hydrogens is 376 g/mol. The summed E-state index contributed by atoms with van der Waals surface area (Å²) < 4.78 is 16.8. The average molecular weight is 408 g/mol. The molecule has 0 radical (unpaired) electrons. The molecule has 4 aliphatic rings. The van der Waals surface area contributed by atoms with E-state index < -0.39 is 46.6 Å². The second-order valence-electron chi connectivity index (χ2n) is 10.00. The first-order valence-electron chi connectivity index (χ1n) is 10.4. The van der Waals surface area contributed by atoms with Crippen LogP contribution in [0.15, 0.2) is 11.8 Å². The van der Waals surface area contributed by atoms with Crippen molar-refractivity contribution in [2.75, 3.05) is 14.2 Å². The molecule has 1 heterocycles. The summed E-state index contributed by atoms with van der Waals surface area (Å²) in [5.41, 5.74) is -3.15. The van der Waals surface area contributed by atoms with Gasteiger partial charge in [0.05, 0.1) is 25.2 Å². The molecule has 1 aliphatic heterocycles. The monoisotopic (exact) mass is 408 g/mol. The zero-order valence-corrected chi connectivity index (χ0v) is 18.0. The fraction of sp³-hybridized carbons (Fsp3) is 0.818. The predicted octanol–water partition coefficient (Wildman–Crippen LogP) is 1.46. The highest BCUT2D eigenvalue weighted by Gasteiger charge is 2.75. The Bertz CT molecular complexity index is 773. The molecular formula is C22H32O7. The quantitative estimate of drug-likeness (QED) is 0.667. The Morgan fingerprint density at radius 2 is 1.86 bits per heavy atom. The first kappa shape index (κ1) is 20.8. The number of fused-ring (bicyclic) bond motifs is 2. The number of hydrogen-bond acceptors (Lipinski definition) is 7. The maximum Gasteiger partial charge on any atom is 0.306 e. The topological polar surface area (TPSA) is 102 Å². The Balaban J connectivity index is 1.96. The second-order valence-corrected chi connectivity index (χ2v) is 10.00. The molecule has 2 N–H and O–H groups in total. The summed E-state index contributed by atoms with van der Waals surface area (Å²) in [6.07, 6.45) is -0.141. The smallest absolute Gasteiger partial charge is 0.306 e. The van der Waals surface area contributed by atoms with Gasteiger partial charge in [-0.3, -0.25) is 9.59 Å². The lowest BCUT2D eigenvalue weighted by atomic mass is 9.37. The van der Waals surface area contributed by atoms with Gasteiger partial charge < -0.3 is 24.4 Å². The van der Waals surface area contributed by atoms with Crippen molar-refractivity contribution >= 4 is 11.8 Å². The van der Waals surface area contributed by atoms with Crippen LogP contribution in [-0.4, -0.2) is 60.1 Å². The van der Waals surface area contributed by atoms with E-state index in [2.05, 4.69) is 0 Å². The van der Waals surface area contributed by atoms with Crippen LogP contribution in [0.3, 0.4) is 0 Å². The molecule has 4 rings (SSSR count). The number of Topliss-reactive ketones (excluding diaryl/α,β-unsaturated/α-hetero) is 1. The SMILES string of the molecule is COC1=C[C@@H](C)[C@@H]2C[C@H]3OC(=O)C[C@H]4[C@](C)(O)[C@H](OC)[C@@H](O)[C@H]([C@@]2(C)C1=O)[C@@]34C. The first-order chi connectivity index (χ1) is 13.4. The minimum absolute atomic E-state index is 0.00640. The number of aliphatic hydroxyl groups excluding tert-OH is 1. The van der Waals surface area contributed by atoms with Gasteiger partial charge in [-0.15, -0.1) is 0 Å². The van der Waals surface area contributed by atoms with Crippen molar-refractivity contribution in [1.29, 1.82) is 0 Å². The second kappa shape index (κ2) is 6.28. The zero-order valence-electron chi connectivity index (χ0n) is 18.0. The third-order valence-electron chi connectivity index (χ3n) is 8.81. The van der Waals surface area contributed by atoms with Gasteiger partial charge in [-0.25, -0.2) is 0 Å². The number of allylic oxidation sites excluding steroid dienone is 2. The van der Waals surface area contributed by atoms with Gasteiger partial charge in [0.25, 0.3) is 0 Å². The molecule has 7 heteroatoms. The zero-order chi connectivity index (χ0) is 21.5. The highest BCUT2D eigenvalue weighted by Crippen LogP contribution is 2.68. The fourth-order valence-corrected chi connectivity index (χ4v) is 7.60. The van der Waals surface area contributed by atoms with Crippen LogP contribution in [-0.2, 0) is 23.8 Å². The third-order valence-corrected chi connectivity index (χ3v) is 8.81. The molecule has 29 heavy (non-hydrogen) atoms. The average Bonchev–Trinajstić information content (AvgIpc) is 2.63. The van der Waals surface area contributed by atoms with Crippen LogP contribution in [0.4, 0.5) is 0 Å². The van der Waals surface area contributed by atoms with Crippen molar-refractivity contribution in [3.63, 3.8) is 0 Å². The summed E-state index contributed by atoms with van der Waals surface area (Å²) in [5.74, 6) is -1.37. The van der Waals surface area contributed by atoms with Gasteiger partial charge in [-0.1, -0.05) is 20.8 Å². The van der Waals surface area contributed by atoms with Gasteiger partial charge >= 0.3 is 5.97 Å². The number of aliphatic hydroxyl groups is 2. The van der Waals surface area contributed by atoms with Crippen LogP contribution in [0.1, 0.15) is 40.5 Å². The molecule has 2 saturated carbocycles. The van der Waals surface area contributed by atoms with Crippen LogP contribution >= 0.6 is 0 Å². The molecule has 0 aromatic carbocycles. The van der Waals surface area contributed by atoms with Gasteiger partial charge in [0, 0.05) is 29.8 Å². The van der Waals surface area contributed by atoms with E-state index in [4.69, 9.17) is 14.2 Å². The van der Waals surface area contributed by atoms with Crippen molar-refractivity contribution in [3.8, 4) is 0 Å². The molecule has 0 spiro atoms. The van der Waals surface area contributed by atoms with Crippen molar-refractivity contribution < 1.29 is 34.0 Å². The summed E-state index contributed by atoms with van der Waals surface area (Å²) in [7, 11) is 2.93. The predicted molar refractivity (Wildman–Crippen MR) is 102 cm³/mol. The summed E-state index contributed by atoms with van der Waals surface area (Å²) in [4.78, 5) is 26.1. The molecule has 0 amide bonds. The van der Waals surface area contributed by atoms with Gasteiger partial charge in [0.1, 0.15) is 12.2 Å². The van der Waals surface area contributed by atoms with Gasteiger partial charge in [0.2, 0.25) is 5.78 Å². The van der Waals surface area contributed by atoms with E-state index in [-0.39, 0.29) is 30.0 Å². The largest absolute Gasteiger partial charge is 0.493 e. The van der Waals surface area contributed by atoms with Crippen LogP contribution in [0.5, 0.6) is 0 Å². The molecule has 0 aromatic rings. The Hall–Kier alpha value is -1.44. The summed E-state index contributed by atoms with van der Waals surface area (Å²) in [5, 5.41) is 22.9. The minimum Gasteiger partial charge on any atom is -0.493 e. The number of hydrogen-bond donors (Lipinski definition) is 2. The Morgan fingerprint density at radius 3 is 2.45 bits per heavy atom. The van der Waals surface area contributed by atoms with Crippen LogP contribution in [0.25, 0.3) is 0 Å².